The maximum Gasteiger partial charge on any atom is 0.178 e. The molecule has 0 radical (unpaired) electrons. The van der Waals surface area contributed by atoms with E-state index in [0.29, 0.717) is 0 Å². The lowest BCUT2D eigenvalue weighted by atomic mass is 10.0. The van der Waals surface area contributed by atoms with Crippen LogP contribution in [0.4, 0.5) is 0 Å². The molecule has 2 nitrogen and oxygen atoms in total. The second kappa shape index (κ2) is 7.71. The highest BCUT2D eigenvalue weighted by Crippen LogP contribution is 2.32. The standard InChI is InChI=1S/C25H18O2/c26-23-15-13-19(14-16-23)11-12-20-17-24(21-7-3-1-4-8-21)27-25(18-20)22-9-5-2-6-10-22/h1-18H. The minimum Gasteiger partial charge on any atom is -0.456 e. The van der Waals surface area contributed by atoms with Gasteiger partial charge in [-0.15, -0.1) is 0 Å². The molecule has 0 spiro atoms. The van der Waals surface area contributed by atoms with E-state index in [-0.39, 0.29) is 5.78 Å². The Morgan fingerprint density at radius 1 is 0.593 bits per heavy atom. The molecular weight excluding hydrogens is 332 g/mol. The van der Waals surface area contributed by atoms with E-state index in [1.807, 2.05) is 97.1 Å². The molecule has 0 aromatic heterocycles. The van der Waals surface area contributed by atoms with Gasteiger partial charge in [0, 0.05) is 11.1 Å². The lowest BCUT2D eigenvalue weighted by Crippen LogP contribution is -1.99. The van der Waals surface area contributed by atoms with Crippen LogP contribution in [0.2, 0.25) is 0 Å². The van der Waals surface area contributed by atoms with Crippen LogP contribution in [0.15, 0.2) is 120 Å². The van der Waals surface area contributed by atoms with Gasteiger partial charge in [0.25, 0.3) is 0 Å². The van der Waals surface area contributed by atoms with E-state index >= 15 is 0 Å². The first-order valence-electron chi connectivity index (χ1n) is 8.82. The van der Waals surface area contributed by atoms with Gasteiger partial charge in [-0.25, -0.2) is 0 Å². The van der Waals surface area contributed by atoms with Crippen LogP contribution < -0.4 is 0 Å². The monoisotopic (exact) mass is 350 g/mol. The van der Waals surface area contributed by atoms with Crippen molar-refractivity contribution in [1.82, 2.24) is 0 Å². The first-order chi connectivity index (χ1) is 13.3. The third-order valence-corrected chi connectivity index (χ3v) is 4.28. The molecule has 1 aliphatic heterocycles. The topological polar surface area (TPSA) is 26.3 Å². The number of ketones is 1. The molecule has 0 unspecified atom stereocenters. The molecule has 0 N–H and O–H groups in total. The van der Waals surface area contributed by atoms with Crippen molar-refractivity contribution in [2.24, 2.45) is 0 Å². The summed E-state index contributed by atoms with van der Waals surface area (Å²) in [6.45, 7) is 0. The second-order valence-electron chi connectivity index (χ2n) is 6.25. The number of allylic oxidation sites excluding steroid dienone is 10. The van der Waals surface area contributed by atoms with Gasteiger partial charge in [-0.2, -0.15) is 0 Å². The fraction of sp³-hybridized carbons (Fsp3) is 0. The van der Waals surface area contributed by atoms with E-state index in [4.69, 9.17) is 4.74 Å². The first kappa shape index (κ1) is 16.8. The molecule has 2 aliphatic rings. The average Bonchev–Trinajstić information content (AvgIpc) is 2.74. The zero-order valence-corrected chi connectivity index (χ0v) is 14.7. The zero-order valence-electron chi connectivity index (χ0n) is 14.7. The molecule has 2 aromatic carbocycles. The van der Waals surface area contributed by atoms with Crippen molar-refractivity contribution in [2.75, 3.05) is 0 Å². The van der Waals surface area contributed by atoms with Crippen LogP contribution in [0, 0.1) is 0 Å². The van der Waals surface area contributed by atoms with Crippen molar-refractivity contribution < 1.29 is 9.53 Å². The molecule has 1 heterocycles. The Hall–Kier alpha value is -3.65. The van der Waals surface area contributed by atoms with Crippen LogP contribution in [-0.2, 0) is 9.53 Å². The van der Waals surface area contributed by atoms with Crippen LogP contribution in [0.5, 0.6) is 0 Å². The number of ether oxygens (including phenoxy) is 1. The number of rotatable bonds is 3. The molecule has 4 rings (SSSR count). The summed E-state index contributed by atoms with van der Waals surface area (Å²) >= 11 is 0. The summed E-state index contributed by atoms with van der Waals surface area (Å²) in [6.07, 6.45) is 14.9. The Bertz CT molecular complexity index is 955. The molecular formula is C25H18O2. The normalized spacial score (nSPS) is 15.8. The molecule has 0 amide bonds. The summed E-state index contributed by atoms with van der Waals surface area (Å²) in [5, 5.41) is 0. The van der Waals surface area contributed by atoms with Gasteiger partial charge in [-0.05, 0) is 35.5 Å². The van der Waals surface area contributed by atoms with Crippen molar-refractivity contribution in [3.63, 3.8) is 0 Å². The molecule has 2 aromatic rings. The quantitative estimate of drug-likeness (QED) is 0.715. The molecule has 0 saturated carbocycles. The summed E-state index contributed by atoms with van der Waals surface area (Å²) in [5.41, 5.74) is 4.07. The lowest BCUT2D eigenvalue weighted by molar-refractivity contribution is -0.110. The number of carbonyl (C=O) groups is 1. The van der Waals surface area contributed by atoms with Gasteiger partial charge in [-0.3, -0.25) is 4.79 Å². The van der Waals surface area contributed by atoms with Crippen LogP contribution in [0.1, 0.15) is 11.1 Å². The van der Waals surface area contributed by atoms with E-state index in [9.17, 15) is 4.79 Å². The van der Waals surface area contributed by atoms with Gasteiger partial charge in [0.2, 0.25) is 0 Å². The predicted octanol–water partition coefficient (Wildman–Crippen LogP) is 5.65. The Labute approximate surface area is 158 Å². The van der Waals surface area contributed by atoms with Crippen molar-refractivity contribution in [2.45, 2.75) is 0 Å². The summed E-state index contributed by atoms with van der Waals surface area (Å²) < 4.78 is 6.18. The Morgan fingerprint density at radius 2 is 1.07 bits per heavy atom. The average molecular weight is 350 g/mol. The Balaban J connectivity index is 1.72. The van der Waals surface area contributed by atoms with Crippen molar-refractivity contribution in [3.05, 3.63) is 132 Å². The van der Waals surface area contributed by atoms with Crippen LogP contribution in [0.25, 0.3) is 11.5 Å². The first-order valence-corrected chi connectivity index (χ1v) is 8.82. The predicted molar refractivity (Wildman–Crippen MR) is 109 cm³/mol. The number of hydrogen-bond acceptors (Lipinski definition) is 2. The highest BCUT2D eigenvalue weighted by atomic mass is 16.5. The minimum absolute atomic E-state index is 0.0170. The molecule has 130 valence electrons. The van der Waals surface area contributed by atoms with Gasteiger partial charge in [0.05, 0.1) is 0 Å². The molecule has 27 heavy (non-hydrogen) atoms. The third kappa shape index (κ3) is 4.13. The fourth-order valence-corrected chi connectivity index (χ4v) is 2.88. The SMILES string of the molecule is O=C1C=CC(=CC=C2C=C(c3ccccc3)OC(c3ccccc3)=C2)C=C1. The number of carbonyl (C=O) groups excluding carboxylic acids is 1. The minimum atomic E-state index is 0.0170. The van der Waals surface area contributed by atoms with Crippen LogP contribution in [0.3, 0.4) is 0 Å². The van der Waals surface area contributed by atoms with Gasteiger partial charge in [-0.1, -0.05) is 85.0 Å². The smallest absolute Gasteiger partial charge is 0.178 e. The molecule has 2 heteroatoms. The molecule has 1 aliphatic carbocycles. The summed E-state index contributed by atoms with van der Waals surface area (Å²) in [4.78, 5) is 11.3. The zero-order chi connectivity index (χ0) is 18.5. The highest BCUT2D eigenvalue weighted by Gasteiger charge is 2.14. The van der Waals surface area contributed by atoms with E-state index in [1.165, 1.54) is 0 Å². The summed E-state index contributed by atoms with van der Waals surface area (Å²) in [7, 11) is 0. The number of benzene rings is 2. The second-order valence-corrected chi connectivity index (χ2v) is 6.25. The largest absolute Gasteiger partial charge is 0.456 e. The van der Waals surface area contributed by atoms with Crippen LogP contribution >= 0.6 is 0 Å². The van der Waals surface area contributed by atoms with E-state index in [1.54, 1.807) is 12.2 Å². The van der Waals surface area contributed by atoms with Gasteiger partial charge in [0.1, 0.15) is 11.5 Å². The molecule has 0 fully saturated rings. The van der Waals surface area contributed by atoms with Crippen molar-refractivity contribution in [3.8, 4) is 0 Å². The van der Waals surface area contributed by atoms with E-state index in [2.05, 4.69) is 0 Å². The van der Waals surface area contributed by atoms with E-state index in [0.717, 1.165) is 33.8 Å². The van der Waals surface area contributed by atoms with Gasteiger partial charge < -0.3 is 4.74 Å². The summed E-state index contributed by atoms with van der Waals surface area (Å²) in [5.74, 6) is 1.64. The fourth-order valence-electron chi connectivity index (χ4n) is 2.88. The Morgan fingerprint density at radius 3 is 1.59 bits per heavy atom. The lowest BCUT2D eigenvalue weighted by Gasteiger charge is -2.19. The highest BCUT2D eigenvalue weighted by molar-refractivity contribution is 6.01. The maximum atomic E-state index is 11.3. The number of hydrogen-bond donors (Lipinski definition) is 0. The van der Waals surface area contributed by atoms with Gasteiger partial charge >= 0.3 is 0 Å². The molecule has 0 atom stereocenters. The molecule has 0 bridgehead atoms. The summed E-state index contributed by atoms with van der Waals surface area (Å²) in [6, 6.07) is 20.1. The Kier molecular flexibility index (Phi) is 4.80. The maximum absolute atomic E-state index is 11.3. The van der Waals surface area contributed by atoms with Crippen LogP contribution in [-0.4, -0.2) is 5.78 Å². The van der Waals surface area contributed by atoms with Crippen molar-refractivity contribution in [1.29, 1.82) is 0 Å². The van der Waals surface area contributed by atoms with Gasteiger partial charge in [0.15, 0.2) is 5.78 Å². The third-order valence-electron chi connectivity index (χ3n) is 4.28. The molecule has 0 saturated heterocycles. The van der Waals surface area contributed by atoms with E-state index < -0.39 is 0 Å². The van der Waals surface area contributed by atoms with Crippen molar-refractivity contribution >= 4 is 17.3 Å².